The number of aryl methyl sites for hydroxylation is 1. The number of carbonyl (C=O) groups is 1. The lowest BCUT2D eigenvalue weighted by Crippen LogP contribution is -2.13. The van der Waals surface area contributed by atoms with Gasteiger partial charge in [-0.3, -0.25) is 15.1 Å². The molecule has 4 aromatic rings. The molecule has 6 nitrogen and oxygen atoms in total. The molecular formula is C19H14ClN5OS. The zero-order valence-electron chi connectivity index (χ0n) is 14.3. The van der Waals surface area contributed by atoms with E-state index in [9.17, 15) is 4.79 Å². The highest BCUT2D eigenvalue weighted by Gasteiger charge is 2.22. The van der Waals surface area contributed by atoms with Crippen molar-refractivity contribution in [1.82, 2.24) is 19.7 Å². The molecule has 0 aliphatic carbocycles. The number of hydrogen-bond acceptors (Lipinski definition) is 5. The van der Waals surface area contributed by atoms with Gasteiger partial charge in [0.25, 0.3) is 5.91 Å². The van der Waals surface area contributed by atoms with Crippen LogP contribution in [0.4, 0.5) is 5.13 Å². The largest absolute Gasteiger partial charge is 0.298 e. The Kier molecular flexibility index (Phi) is 4.70. The second-order valence-electron chi connectivity index (χ2n) is 5.71. The SMILES string of the molecule is Cc1nn(-c2ccccc2)c(Cl)c1C(=O)Nc1nc(-c2ccccn2)cs1. The maximum atomic E-state index is 12.7. The van der Waals surface area contributed by atoms with Crippen LogP contribution in [-0.4, -0.2) is 25.7 Å². The normalized spacial score (nSPS) is 10.7. The van der Waals surface area contributed by atoms with Gasteiger partial charge in [-0.25, -0.2) is 9.67 Å². The molecular weight excluding hydrogens is 382 g/mol. The van der Waals surface area contributed by atoms with E-state index < -0.39 is 0 Å². The van der Waals surface area contributed by atoms with E-state index in [4.69, 9.17) is 11.6 Å². The fourth-order valence-corrected chi connectivity index (χ4v) is 3.68. The van der Waals surface area contributed by atoms with E-state index in [0.717, 1.165) is 11.4 Å². The number of rotatable bonds is 4. The second kappa shape index (κ2) is 7.30. The first kappa shape index (κ1) is 17.4. The summed E-state index contributed by atoms with van der Waals surface area (Å²) in [7, 11) is 0. The maximum absolute atomic E-state index is 12.7. The van der Waals surface area contributed by atoms with Gasteiger partial charge in [0.1, 0.15) is 16.4 Å². The monoisotopic (exact) mass is 395 g/mol. The minimum absolute atomic E-state index is 0.262. The van der Waals surface area contributed by atoms with Crippen LogP contribution in [0.1, 0.15) is 16.1 Å². The summed E-state index contributed by atoms with van der Waals surface area (Å²) in [6.45, 7) is 1.75. The van der Waals surface area contributed by atoms with E-state index in [0.29, 0.717) is 22.1 Å². The number of carbonyl (C=O) groups excluding carboxylic acids is 1. The molecule has 0 spiro atoms. The molecule has 1 N–H and O–H groups in total. The molecule has 1 amide bonds. The Hall–Kier alpha value is -3.03. The molecule has 1 aromatic carbocycles. The van der Waals surface area contributed by atoms with Crippen molar-refractivity contribution in [2.45, 2.75) is 6.92 Å². The molecule has 0 fully saturated rings. The molecule has 0 aliphatic heterocycles. The standard InChI is InChI=1S/C19H14ClN5OS/c1-12-16(17(20)25(24-12)13-7-3-2-4-8-13)18(26)23-19-22-15(11-27-19)14-9-5-6-10-21-14/h2-11H,1H3,(H,22,23,26). The Morgan fingerprint density at radius 2 is 1.89 bits per heavy atom. The van der Waals surface area contributed by atoms with Crippen molar-refractivity contribution < 1.29 is 4.79 Å². The minimum Gasteiger partial charge on any atom is -0.298 e. The van der Waals surface area contributed by atoms with Crippen LogP contribution in [0.3, 0.4) is 0 Å². The number of para-hydroxylation sites is 1. The van der Waals surface area contributed by atoms with Crippen molar-refractivity contribution in [3.8, 4) is 17.1 Å². The third kappa shape index (κ3) is 3.47. The van der Waals surface area contributed by atoms with Gasteiger partial charge in [-0.05, 0) is 31.2 Å². The van der Waals surface area contributed by atoms with Crippen molar-refractivity contribution in [3.05, 3.63) is 76.5 Å². The number of hydrogen-bond donors (Lipinski definition) is 1. The molecule has 0 unspecified atom stereocenters. The summed E-state index contributed by atoms with van der Waals surface area (Å²) in [6.07, 6.45) is 1.70. The van der Waals surface area contributed by atoms with E-state index in [1.807, 2.05) is 53.9 Å². The summed E-state index contributed by atoms with van der Waals surface area (Å²) in [5, 5.41) is 9.77. The molecule has 0 radical (unpaired) electrons. The predicted octanol–water partition coefficient (Wildman–Crippen LogP) is 4.60. The van der Waals surface area contributed by atoms with Gasteiger partial charge in [-0.2, -0.15) is 5.10 Å². The van der Waals surface area contributed by atoms with Crippen molar-refractivity contribution in [2.75, 3.05) is 5.32 Å². The van der Waals surface area contributed by atoms with Gasteiger partial charge in [0.2, 0.25) is 0 Å². The first-order valence-corrected chi connectivity index (χ1v) is 9.38. The Morgan fingerprint density at radius 3 is 2.63 bits per heavy atom. The van der Waals surface area contributed by atoms with Crippen molar-refractivity contribution in [2.24, 2.45) is 0 Å². The topological polar surface area (TPSA) is 72.7 Å². The van der Waals surface area contributed by atoms with Gasteiger partial charge in [-0.15, -0.1) is 11.3 Å². The lowest BCUT2D eigenvalue weighted by Gasteiger charge is -2.03. The quantitative estimate of drug-likeness (QED) is 0.547. The highest BCUT2D eigenvalue weighted by Crippen LogP contribution is 2.27. The summed E-state index contributed by atoms with van der Waals surface area (Å²) in [5.41, 5.74) is 3.12. The third-order valence-corrected chi connectivity index (χ3v) is 4.99. The fraction of sp³-hybridized carbons (Fsp3) is 0.0526. The van der Waals surface area contributed by atoms with Gasteiger partial charge in [0.05, 0.1) is 17.1 Å². The zero-order valence-corrected chi connectivity index (χ0v) is 15.8. The van der Waals surface area contributed by atoms with Crippen LogP contribution in [0.15, 0.2) is 60.1 Å². The second-order valence-corrected chi connectivity index (χ2v) is 6.92. The number of halogens is 1. The molecule has 27 heavy (non-hydrogen) atoms. The number of benzene rings is 1. The Labute approximate surface area is 164 Å². The van der Waals surface area contributed by atoms with Crippen LogP contribution in [0.5, 0.6) is 0 Å². The maximum Gasteiger partial charge on any atom is 0.262 e. The van der Waals surface area contributed by atoms with Gasteiger partial charge < -0.3 is 0 Å². The first-order valence-electron chi connectivity index (χ1n) is 8.12. The minimum atomic E-state index is -0.346. The highest BCUT2D eigenvalue weighted by molar-refractivity contribution is 7.14. The molecule has 0 saturated carbocycles. The van der Waals surface area contributed by atoms with Crippen molar-refractivity contribution >= 4 is 34.0 Å². The average Bonchev–Trinajstić information content (AvgIpc) is 3.27. The average molecular weight is 396 g/mol. The lowest BCUT2D eigenvalue weighted by molar-refractivity contribution is 0.102. The molecule has 134 valence electrons. The highest BCUT2D eigenvalue weighted by atomic mass is 35.5. The molecule has 4 rings (SSSR count). The van der Waals surface area contributed by atoms with E-state index >= 15 is 0 Å². The number of nitrogens with zero attached hydrogens (tertiary/aromatic N) is 4. The third-order valence-electron chi connectivity index (χ3n) is 3.88. The predicted molar refractivity (Wildman–Crippen MR) is 107 cm³/mol. The molecule has 0 aliphatic rings. The fourth-order valence-electron chi connectivity index (χ4n) is 2.62. The number of anilines is 1. The molecule has 3 heterocycles. The van der Waals surface area contributed by atoms with Crippen LogP contribution in [-0.2, 0) is 0 Å². The van der Waals surface area contributed by atoms with E-state index in [-0.39, 0.29) is 11.1 Å². The molecule has 8 heteroatoms. The van der Waals surface area contributed by atoms with Crippen molar-refractivity contribution in [3.63, 3.8) is 0 Å². The number of aromatic nitrogens is 4. The summed E-state index contributed by atoms with van der Waals surface area (Å²) < 4.78 is 1.55. The van der Waals surface area contributed by atoms with Crippen LogP contribution >= 0.6 is 22.9 Å². The summed E-state index contributed by atoms with van der Waals surface area (Å²) in [4.78, 5) is 21.4. The molecule has 0 atom stereocenters. The van der Waals surface area contributed by atoms with Crippen LogP contribution in [0.25, 0.3) is 17.1 Å². The summed E-state index contributed by atoms with van der Waals surface area (Å²) >= 11 is 7.77. The molecule has 0 bridgehead atoms. The molecule has 0 saturated heterocycles. The number of amides is 1. The van der Waals surface area contributed by atoms with Crippen LogP contribution in [0.2, 0.25) is 5.15 Å². The Balaban J connectivity index is 1.59. The van der Waals surface area contributed by atoms with E-state index in [1.165, 1.54) is 11.3 Å². The van der Waals surface area contributed by atoms with Crippen LogP contribution in [0, 0.1) is 6.92 Å². The Bertz CT molecular complexity index is 1090. The summed E-state index contributed by atoms with van der Waals surface area (Å²) in [5.74, 6) is -0.346. The summed E-state index contributed by atoms with van der Waals surface area (Å²) in [6, 6.07) is 15.0. The van der Waals surface area contributed by atoms with E-state index in [2.05, 4.69) is 20.4 Å². The first-order chi connectivity index (χ1) is 13.1. The van der Waals surface area contributed by atoms with Crippen LogP contribution < -0.4 is 5.32 Å². The zero-order chi connectivity index (χ0) is 18.8. The van der Waals surface area contributed by atoms with Gasteiger partial charge in [-0.1, -0.05) is 35.9 Å². The van der Waals surface area contributed by atoms with Gasteiger partial charge >= 0.3 is 0 Å². The lowest BCUT2D eigenvalue weighted by atomic mass is 10.2. The number of nitrogens with one attached hydrogen (secondary N) is 1. The smallest absolute Gasteiger partial charge is 0.262 e. The van der Waals surface area contributed by atoms with Gasteiger partial charge in [0.15, 0.2) is 5.13 Å². The van der Waals surface area contributed by atoms with Gasteiger partial charge in [0, 0.05) is 11.6 Å². The van der Waals surface area contributed by atoms with E-state index in [1.54, 1.807) is 17.8 Å². The Morgan fingerprint density at radius 1 is 1.11 bits per heavy atom. The number of pyridine rings is 1. The molecule has 3 aromatic heterocycles. The van der Waals surface area contributed by atoms with Crippen molar-refractivity contribution in [1.29, 1.82) is 0 Å². The number of thiazole rings is 1.